The zero-order chi connectivity index (χ0) is 14.5. The quantitative estimate of drug-likeness (QED) is 0.819. The van der Waals surface area contributed by atoms with Crippen LogP contribution in [0.5, 0.6) is 0 Å². The lowest BCUT2D eigenvalue weighted by Gasteiger charge is -2.10. The van der Waals surface area contributed by atoms with Gasteiger partial charge in [0.15, 0.2) is 0 Å². The number of fused-ring (bicyclic) bond motifs is 1. The predicted octanol–water partition coefficient (Wildman–Crippen LogP) is 2.70. The second-order valence-corrected chi connectivity index (χ2v) is 5.85. The average Bonchev–Trinajstić information content (AvgIpc) is 3.14. The van der Waals surface area contributed by atoms with E-state index in [0.717, 1.165) is 31.6 Å². The molecule has 0 radical (unpaired) electrons. The molecule has 0 bridgehead atoms. The highest BCUT2D eigenvalue weighted by atomic mass is 16.5. The van der Waals surface area contributed by atoms with E-state index in [-0.39, 0.29) is 12.0 Å². The van der Waals surface area contributed by atoms with E-state index in [0.29, 0.717) is 19.6 Å². The fraction of sp³-hybridized carbons (Fsp3) is 0.588. The maximum Gasteiger partial charge on any atom is 0.226 e. The molecule has 1 amide bonds. The number of carbonyl (C=O) groups excluding carboxylic acids is 1. The lowest BCUT2D eigenvalue weighted by atomic mass is 10.1. The number of hydrogen-bond donors (Lipinski definition) is 1. The van der Waals surface area contributed by atoms with Gasteiger partial charge in [-0.05, 0) is 55.4 Å². The van der Waals surface area contributed by atoms with Crippen LogP contribution in [0.2, 0.25) is 0 Å². The summed E-state index contributed by atoms with van der Waals surface area (Å²) in [6, 6.07) is 6.23. The van der Waals surface area contributed by atoms with Crippen LogP contribution < -0.4 is 5.32 Å². The molecule has 3 rings (SSSR count). The normalized spacial score (nSPS) is 20.5. The molecule has 1 atom stereocenters. The first-order chi connectivity index (χ1) is 10.3. The average molecular weight is 289 g/mol. The molecule has 1 heterocycles. The Morgan fingerprint density at radius 1 is 1.29 bits per heavy atom. The molecule has 0 saturated carbocycles. The van der Waals surface area contributed by atoms with E-state index in [4.69, 9.17) is 9.47 Å². The van der Waals surface area contributed by atoms with E-state index < -0.39 is 0 Å². The summed E-state index contributed by atoms with van der Waals surface area (Å²) < 4.78 is 11.0. The van der Waals surface area contributed by atoms with Crippen LogP contribution in [0, 0.1) is 0 Å². The highest BCUT2D eigenvalue weighted by molar-refractivity contribution is 5.90. The molecule has 1 aliphatic carbocycles. The van der Waals surface area contributed by atoms with Gasteiger partial charge in [-0.2, -0.15) is 0 Å². The monoisotopic (exact) mass is 289 g/mol. The summed E-state index contributed by atoms with van der Waals surface area (Å²) in [4.78, 5) is 11.9. The summed E-state index contributed by atoms with van der Waals surface area (Å²) in [5.74, 6) is 0.0142. The van der Waals surface area contributed by atoms with E-state index in [1.54, 1.807) is 0 Å². The van der Waals surface area contributed by atoms with E-state index >= 15 is 0 Å². The van der Waals surface area contributed by atoms with Gasteiger partial charge in [0, 0.05) is 12.3 Å². The second-order valence-electron chi connectivity index (χ2n) is 5.85. The molecule has 0 unspecified atom stereocenters. The third-order valence-corrected chi connectivity index (χ3v) is 4.18. The maximum atomic E-state index is 11.9. The van der Waals surface area contributed by atoms with Crippen LogP contribution in [0.3, 0.4) is 0 Å². The number of ether oxygens (including phenoxy) is 2. The van der Waals surface area contributed by atoms with Crippen molar-refractivity contribution < 1.29 is 14.3 Å². The fourth-order valence-corrected chi connectivity index (χ4v) is 3.03. The minimum Gasteiger partial charge on any atom is -0.378 e. The van der Waals surface area contributed by atoms with Crippen LogP contribution in [-0.2, 0) is 27.1 Å². The van der Waals surface area contributed by atoms with Gasteiger partial charge in [-0.3, -0.25) is 4.79 Å². The van der Waals surface area contributed by atoms with Gasteiger partial charge in [-0.15, -0.1) is 0 Å². The molecule has 1 aromatic carbocycles. The molecule has 1 aromatic rings. The van der Waals surface area contributed by atoms with Crippen LogP contribution in [0.4, 0.5) is 5.69 Å². The Balaban J connectivity index is 1.37. The predicted molar refractivity (Wildman–Crippen MR) is 81.5 cm³/mol. The molecule has 1 N–H and O–H groups in total. The van der Waals surface area contributed by atoms with Crippen LogP contribution >= 0.6 is 0 Å². The standard InChI is InChI=1S/C17H23NO3/c19-17(8-10-20-12-16-5-2-9-21-16)18-15-7-6-13-3-1-4-14(13)11-15/h6-7,11,16H,1-5,8-10,12H2,(H,18,19)/t16-/m0/s1. The molecule has 1 saturated heterocycles. The summed E-state index contributed by atoms with van der Waals surface area (Å²) >= 11 is 0. The number of amides is 1. The first-order valence-electron chi connectivity index (χ1n) is 7.92. The third kappa shape index (κ3) is 4.05. The number of benzene rings is 1. The molecule has 4 nitrogen and oxygen atoms in total. The number of anilines is 1. The molecule has 21 heavy (non-hydrogen) atoms. The Morgan fingerprint density at radius 3 is 3.05 bits per heavy atom. The smallest absolute Gasteiger partial charge is 0.226 e. The van der Waals surface area contributed by atoms with Crippen molar-refractivity contribution in [1.82, 2.24) is 0 Å². The summed E-state index contributed by atoms with van der Waals surface area (Å²) in [6.45, 7) is 1.90. The molecule has 2 aliphatic rings. The Morgan fingerprint density at radius 2 is 2.19 bits per heavy atom. The number of rotatable bonds is 6. The number of carbonyl (C=O) groups is 1. The summed E-state index contributed by atoms with van der Waals surface area (Å²) in [7, 11) is 0. The van der Waals surface area contributed by atoms with Gasteiger partial charge in [0.25, 0.3) is 0 Å². The van der Waals surface area contributed by atoms with Crippen molar-refractivity contribution in [2.24, 2.45) is 0 Å². The molecule has 114 valence electrons. The fourth-order valence-electron chi connectivity index (χ4n) is 3.03. The third-order valence-electron chi connectivity index (χ3n) is 4.18. The molecular formula is C17H23NO3. The topological polar surface area (TPSA) is 47.6 Å². The van der Waals surface area contributed by atoms with Crippen molar-refractivity contribution >= 4 is 11.6 Å². The van der Waals surface area contributed by atoms with E-state index in [9.17, 15) is 4.79 Å². The van der Waals surface area contributed by atoms with Crippen molar-refractivity contribution in [3.8, 4) is 0 Å². The van der Waals surface area contributed by atoms with Crippen molar-refractivity contribution in [2.45, 2.75) is 44.6 Å². The van der Waals surface area contributed by atoms with E-state index in [1.165, 1.54) is 24.0 Å². The van der Waals surface area contributed by atoms with Crippen molar-refractivity contribution in [1.29, 1.82) is 0 Å². The Hall–Kier alpha value is -1.39. The molecule has 1 aliphatic heterocycles. The van der Waals surface area contributed by atoms with Gasteiger partial charge >= 0.3 is 0 Å². The molecule has 4 heteroatoms. The van der Waals surface area contributed by atoms with Crippen LogP contribution in [0.1, 0.15) is 36.8 Å². The molecule has 0 spiro atoms. The Labute approximate surface area is 125 Å². The van der Waals surface area contributed by atoms with Crippen LogP contribution in [0.15, 0.2) is 18.2 Å². The highest BCUT2D eigenvalue weighted by Gasteiger charge is 2.15. The largest absolute Gasteiger partial charge is 0.378 e. The summed E-state index contributed by atoms with van der Waals surface area (Å²) in [5, 5.41) is 2.95. The van der Waals surface area contributed by atoms with Gasteiger partial charge in [0.2, 0.25) is 5.91 Å². The molecule has 1 fully saturated rings. The van der Waals surface area contributed by atoms with Crippen molar-refractivity contribution in [3.63, 3.8) is 0 Å². The number of hydrogen-bond acceptors (Lipinski definition) is 3. The van der Waals surface area contributed by atoms with Gasteiger partial charge < -0.3 is 14.8 Å². The zero-order valence-electron chi connectivity index (χ0n) is 12.4. The van der Waals surface area contributed by atoms with E-state index in [2.05, 4.69) is 17.4 Å². The van der Waals surface area contributed by atoms with Gasteiger partial charge in [0.1, 0.15) is 0 Å². The van der Waals surface area contributed by atoms with Crippen molar-refractivity contribution in [3.05, 3.63) is 29.3 Å². The minimum absolute atomic E-state index is 0.0142. The minimum atomic E-state index is 0.0142. The molecule has 0 aromatic heterocycles. The zero-order valence-corrected chi connectivity index (χ0v) is 12.4. The van der Waals surface area contributed by atoms with Gasteiger partial charge in [-0.25, -0.2) is 0 Å². The summed E-state index contributed by atoms with van der Waals surface area (Å²) in [6.07, 6.45) is 6.33. The first-order valence-corrected chi connectivity index (χ1v) is 7.92. The second kappa shape index (κ2) is 7.05. The Bertz CT molecular complexity index is 495. The van der Waals surface area contributed by atoms with Crippen LogP contribution in [-0.4, -0.2) is 31.8 Å². The maximum absolute atomic E-state index is 11.9. The molecular weight excluding hydrogens is 266 g/mol. The number of nitrogens with one attached hydrogen (secondary N) is 1. The van der Waals surface area contributed by atoms with E-state index in [1.807, 2.05) is 6.07 Å². The van der Waals surface area contributed by atoms with Gasteiger partial charge in [0.05, 0.1) is 25.7 Å². The lowest BCUT2D eigenvalue weighted by Crippen LogP contribution is -2.18. The van der Waals surface area contributed by atoms with Gasteiger partial charge in [-0.1, -0.05) is 6.07 Å². The lowest BCUT2D eigenvalue weighted by molar-refractivity contribution is -0.117. The number of aryl methyl sites for hydroxylation is 2. The highest BCUT2D eigenvalue weighted by Crippen LogP contribution is 2.24. The van der Waals surface area contributed by atoms with Crippen LogP contribution in [0.25, 0.3) is 0 Å². The first kappa shape index (κ1) is 14.5. The van der Waals surface area contributed by atoms with Crippen molar-refractivity contribution in [2.75, 3.05) is 25.1 Å². The Kier molecular flexibility index (Phi) is 4.88. The SMILES string of the molecule is O=C(CCOC[C@@H]1CCCO1)Nc1ccc2c(c1)CCC2. The summed E-state index contributed by atoms with van der Waals surface area (Å²) in [5.41, 5.74) is 3.70.